The van der Waals surface area contributed by atoms with E-state index in [-0.39, 0.29) is 17.7 Å². The standard InChI is InChI=1S/C14H23ClN2O2/c1-9(2)8-11-14(19)17(7-5-6-15)12(10(3)4)13(18)16-11/h5-6,9-12H,7-8H2,1-4H3,(H,16,18)/b6-5+. The third-order valence-corrected chi connectivity index (χ3v) is 3.41. The molecule has 19 heavy (non-hydrogen) atoms. The Morgan fingerprint density at radius 3 is 2.42 bits per heavy atom. The summed E-state index contributed by atoms with van der Waals surface area (Å²) in [6.07, 6.45) is 2.36. The predicted molar refractivity (Wildman–Crippen MR) is 76.7 cm³/mol. The van der Waals surface area contributed by atoms with Crippen molar-refractivity contribution in [3.05, 3.63) is 11.6 Å². The largest absolute Gasteiger partial charge is 0.342 e. The maximum absolute atomic E-state index is 12.5. The topological polar surface area (TPSA) is 49.4 Å². The minimum absolute atomic E-state index is 0.0123. The molecule has 0 aliphatic carbocycles. The number of nitrogens with zero attached hydrogens (tertiary/aromatic N) is 1. The van der Waals surface area contributed by atoms with E-state index >= 15 is 0 Å². The summed E-state index contributed by atoms with van der Waals surface area (Å²) in [4.78, 5) is 26.3. The average molecular weight is 287 g/mol. The number of rotatable bonds is 5. The second-order valence-corrected chi connectivity index (χ2v) is 5.98. The molecule has 4 nitrogen and oxygen atoms in total. The molecule has 0 aromatic heterocycles. The fraction of sp³-hybridized carbons (Fsp3) is 0.714. The molecule has 0 spiro atoms. The van der Waals surface area contributed by atoms with E-state index in [9.17, 15) is 9.59 Å². The zero-order valence-electron chi connectivity index (χ0n) is 12.0. The maximum atomic E-state index is 12.5. The molecule has 1 fully saturated rings. The van der Waals surface area contributed by atoms with Crippen LogP contribution in [-0.4, -0.2) is 35.3 Å². The lowest BCUT2D eigenvalue weighted by Gasteiger charge is -2.40. The molecule has 0 radical (unpaired) electrons. The van der Waals surface area contributed by atoms with Crippen LogP contribution in [0.1, 0.15) is 34.1 Å². The quantitative estimate of drug-likeness (QED) is 0.842. The first-order chi connectivity index (χ1) is 8.88. The highest BCUT2D eigenvalue weighted by Gasteiger charge is 2.41. The molecule has 0 saturated carbocycles. The van der Waals surface area contributed by atoms with Crippen molar-refractivity contribution in [2.45, 2.75) is 46.2 Å². The van der Waals surface area contributed by atoms with E-state index in [0.717, 1.165) is 0 Å². The lowest BCUT2D eigenvalue weighted by Crippen LogP contribution is -2.64. The van der Waals surface area contributed by atoms with E-state index in [2.05, 4.69) is 5.32 Å². The zero-order valence-corrected chi connectivity index (χ0v) is 12.8. The van der Waals surface area contributed by atoms with E-state index in [1.807, 2.05) is 27.7 Å². The van der Waals surface area contributed by atoms with Crippen LogP contribution in [0.5, 0.6) is 0 Å². The molecule has 2 atom stereocenters. The van der Waals surface area contributed by atoms with E-state index in [4.69, 9.17) is 11.6 Å². The lowest BCUT2D eigenvalue weighted by atomic mass is 9.93. The predicted octanol–water partition coefficient (Wildman–Crippen LogP) is 2.14. The molecule has 1 heterocycles. The van der Waals surface area contributed by atoms with Gasteiger partial charge in [0.15, 0.2) is 0 Å². The van der Waals surface area contributed by atoms with Gasteiger partial charge in [-0.25, -0.2) is 0 Å². The summed E-state index contributed by atoms with van der Waals surface area (Å²) < 4.78 is 0. The van der Waals surface area contributed by atoms with Crippen LogP contribution in [0.2, 0.25) is 0 Å². The van der Waals surface area contributed by atoms with Gasteiger partial charge in [0.05, 0.1) is 0 Å². The Balaban J connectivity index is 2.94. The first kappa shape index (κ1) is 16.0. The molecule has 1 saturated heterocycles. The first-order valence-electron chi connectivity index (χ1n) is 6.74. The smallest absolute Gasteiger partial charge is 0.246 e. The number of hydrogen-bond acceptors (Lipinski definition) is 2. The normalized spacial score (nSPS) is 24.7. The van der Waals surface area contributed by atoms with Crippen molar-refractivity contribution >= 4 is 23.4 Å². The highest BCUT2D eigenvalue weighted by Crippen LogP contribution is 2.20. The number of halogens is 1. The van der Waals surface area contributed by atoms with Crippen LogP contribution < -0.4 is 5.32 Å². The second kappa shape index (κ2) is 6.94. The van der Waals surface area contributed by atoms with Crippen LogP contribution in [0.3, 0.4) is 0 Å². The summed E-state index contributed by atoms with van der Waals surface area (Å²) in [7, 11) is 0. The van der Waals surface area contributed by atoms with Gasteiger partial charge in [-0.05, 0) is 18.3 Å². The van der Waals surface area contributed by atoms with Crippen LogP contribution in [-0.2, 0) is 9.59 Å². The van der Waals surface area contributed by atoms with Gasteiger partial charge in [0.25, 0.3) is 0 Å². The van der Waals surface area contributed by atoms with Crippen LogP contribution in [0.15, 0.2) is 11.6 Å². The summed E-state index contributed by atoms with van der Waals surface area (Å²) >= 11 is 5.53. The number of amides is 2. The van der Waals surface area contributed by atoms with Crippen molar-refractivity contribution in [2.24, 2.45) is 11.8 Å². The van der Waals surface area contributed by atoms with Crippen molar-refractivity contribution in [1.82, 2.24) is 10.2 Å². The third kappa shape index (κ3) is 3.96. The Morgan fingerprint density at radius 1 is 1.32 bits per heavy atom. The summed E-state index contributed by atoms with van der Waals surface area (Å²) in [5.74, 6) is 0.355. The minimum atomic E-state index is -0.413. The average Bonchev–Trinajstić information content (AvgIpc) is 2.30. The Labute approximate surface area is 120 Å². The molecule has 5 heteroatoms. The van der Waals surface area contributed by atoms with Gasteiger partial charge in [-0.2, -0.15) is 0 Å². The molecule has 1 rings (SSSR count). The Bertz CT molecular complexity index is 366. The SMILES string of the molecule is CC(C)CC1NC(=O)C(C(C)C)N(C/C=C/Cl)C1=O. The van der Waals surface area contributed by atoms with Gasteiger partial charge in [-0.3, -0.25) is 9.59 Å². The van der Waals surface area contributed by atoms with Crippen molar-refractivity contribution in [1.29, 1.82) is 0 Å². The summed E-state index contributed by atoms with van der Waals surface area (Å²) in [5.41, 5.74) is 1.38. The van der Waals surface area contributed by atoms with Gasteiger partial charge in [0, 0.05) is 12.1 Å². The molecular weight excluding hydrogens is 264 g/mol. The van der Waals surface area contributed by atoms with Gasteiger partial charge >= 0.3 is 0 Å². The number of hydrogen-bond donors (Lipinski definition) is 1. The molecule has 0 aromatic carbocycles. The molecule has 1 aliphatic heterocycles. The Morgan fingerprint density at radius 2 is 1.95 bits per heavy atom. The van der Waals surface area contributed by atoms with Crippen molar-refractivity contribution < 1.29 is 9.59 Å². The Hall–Kier alpha value is -1.03. The molecule has 2 unspecified atom stereocenters. The molecule has 1 N–H and O–H groups in total. The summed E-state index contributed by atoms with van der Waals surface area (Å²) in [5, 5.41) is 2.85. The van der Waals surface area contributed by atoms with Gasteiger partial charge in [0.2, 0.25) is 11.8 Å². The van der Waals surface area contributed by atoms with Gasteiger partial charge in [-0.15, -0.1) is 0 Å². The van der Waals surface area contributed by atoms with E-state index in [1.165, 1.54) is 5.54 Å². The molecule has 1 aliphatic rings. The zero-order chi connectivity index (χ0) is 14.6. The van der Waals surface area contributed by atoms with E-state index in [0.29, 0.717) is 18.9 Å². The van der Waals surface area contributed by atoms with Crippen molar-refractivity contribution in [3.8, 4) is 0 Å². The number of nitrogens with one attached hydrogen (secondary N) is 1. The minimum Gasteiger partial charge on any atom is -0.342 e. The van der Waals surface area contributed by atoms with E-state index in [1.54, 1.807) is 11.0 Å². The molecular formula is C14H23ClN2O2. The molecule has 0 bridgehead atoms. The summed E-state index contributed by atoms with van der Waals surface area (Å²) in [6.45, 7) is 8.34. The van der Waals surface area contributed by atoms with Crippen LogP contribution >= 0.6 is 11.6 Å². The molecule has 108 valence electrons. The Kier molecular flexibility index (Phi) is 5.85. The van der Waals surface area contributed by atoms with Crippen molar-refractivity contribution in [3.63, 3.8) is 0 Å². The lowest BCUT2D eigenvalue weighted by molar-refractivity contribution is -0.150. The first-order valence-corrected chi connectivity index (χ1v) is 7.18. The van der Waals surface area contributed by atoms with Crippen LogP contribution in [0, 0.1) is 11.8 Å². The number of carbonyl (C=O) groups is 2. The van der Waals surface area contributed by atoms with Crippen molar-refractivity contribution in [2.75, 3.05) is 6.54 Å². The third-order valence-electron chi connectivity index (χ3n) is 3.23. The van der Waals surface area contributed by atoms with E-state index < -0.39 is 12.1 Å². The fourth-order valence-corrected chi connectivity index (χ4v) is 2.53. The number of piperazine rings is 1. The molecule has 0 aromatic rings. The maximum Gasteiger partial charge on any atom is 0.246 e. The fourth-order valence-electron chi connectivity index (χ4n) is 2.45. The second-order valence-electron chi connectivity index (χ2n) is 5.73. The van der Waals surface area contributed by atoms with Gasteiger partial charge in [-0.1, -0.05) is 45.4 Å². The number of carbonyl (C=O) groups excluding carboxylic acids is 2. The van der Waals surface area contributed by atoms with Gasteiger partial charge in [0.1, 0.15) is 12.1 Å². The molecule has 2 amide bonds. The summed E-state index contributed by atoms with van der Waals surface area (Å²) in [6, 6.07) is -0.824. The highest BCUT2D eigenvalue weighted by molar-refractivity contribution is 6.25. The van der Waals surface area contributed by atoms with Crippen LogP contribution in [0.4, 0.5) is 0 Å². The highest BCUT2D eigenvalue weighted by atomic mass is 35.5. The monoisotopic (exact) mass is 286 g/mol. The van der Waals surface area contributed by atoms with Gasteiger partial charge < -0.3 is 10.2 Å². The van der Waals surface area contributed by atoms with Crippen LogP contribution in [0.25, 0.3) is 0 Å².